The van der Waals surface area contributed by atoms with Crippen molar-refractivity contribution < 1.29 is 22.8 Å². The summed E-state index contributed by atoms with van der Waals surface area (Å²) in [7, 11) is 0. The van der Waals surface area contributed by atoms with E-state index in [1.54, 1.807) is 9.80 Å². The van der Waals surface area contributed by atoms with E-state index in [4.69, 9.17) is 0 Å². The van der Waals surface area contributed by atoms with Gasteiger partial charge < -0.3 is 15.1 Å². The van der Waals surface area contributed by atoms with Crippen LogP contribution in [0.4, 0.5) is 18.0 Å². The average Bonchev–Trinajstić information content (AvgIpc) is 2.99. The molecule has 8 heteroatoms. The Morgan fingerprint density at radius 3 is 2.29 bits per heavy atom. The number of nitrogens with zero attached hydrogens (tertiary/aromatic N) is 2. The van der Waals surface area contributed by atoms with Crippen LogP contribution in [0.25, 0.3) is 0 Å². The minimum Gasteiger partial charge on any atom is -0.342 e. The van der Waals surface area contributed by atoms with Crippen LogP contribution in [-0.2, 0) is 4.79 Å². The van der Waals surface area contributed by atoms with Gasteiger partial charge in [-0.15, -0.1) is 0 Å². The molecule has 24 heavy (non-hydrogen) atoms. The third-order valence-corrected chi connectivity index (χ3v) is 5.61. The molecule has 3 rings (SSSR count). The first kappa shape index (κ1) is 17.4. The van der Waals surface area contributed by atoms with Gasteiger partial charge in [0.1, 0.15) is 0 Å². The highest BCUT2D eigenvalue weighted by Gasteiger charge is 2.49. The molecular formula is C16H24F3N3O2. The zero-order chi connectivity index (χ0) is 17.3. The third-order valence-electron chi connectivity index (χ3n) is 5.61. The Morgan fingerprint density at radius 1 is 1.04 bits per heavy atom. The predicted octanol–water partition coefficient (Wildman–Crippen LogP) is 2.37. The Hall–Kier alpha value is -1.47. The van der Waals surface area contributed by atoms with E-state index >= 15 is 0 Å². The number of nitrogens with one attached hydrogen (secondary N) is 1. The number of likely N-dealkylation sites (tertiary alicyclic amines) is 1. The summed E-state index contributed by atoms with van der Waals surface area (Å²) in [4.78, 5) is 27.7. The Bertz CT molecular complexity index is 489. The fourth-order valence-corrected chi connectivity index (χ4v) is 4.29. The van der Waals surface area contributed by atoms with Crippen LogP contribution in [0.15, 0.2) is 0 Å². The number of carbonyl (C=O) groups is 2. The van der Waals surface area contributed by atoms with Gasteiger partial charge in [-0.1, -0.05) is 12.8 Å². The molecule has 0 aromatic carbocycles. The summed E-state index contributed by atoms with van der Waals surface area (Å²) in [5, 5.41) is 2.76. The van der Waals surface area contributed by atoms with Crippen molar-refractivity contribution in [3.63, 3.8) is 0 Å². The van der Waals surface area contributed by atoms with Gasteiger partial charge in [-0.2, -0.15) is 13.2 Å². The Balaban J connectivity index is 1.59. The number of hydrogen-bond acceptors (Lipinski definition) is 2. The van der Waals surface area contributed by atoms with Gasteiger partial charge in [0.2, 0.25) is 5.91 Å². The Kier molecular flexibility index (Phi) is 4.92. The van der Waals surface area contributed by atoms with Crippen LogP contribution in [0.2, 0.25) is 0 Å². The van der Waals surface area contributed by atoms with E-state index in [2.05, 4.69) is 5.32 Å². The first-order valence-electron chi connectivity index (χ1n) is 8.78. The molecule has 3 amide bonds. The van der Waals surface area contributed by atoms with Crippen LogP contribution in [0.1, 0.15) is 38.5 Å². The van der Waals surface area contributed by atoms with Gasteiger partial charge in [-0.25, -0.2) is 4.79 Å². The molecule has 1 saturated carbocycles. The number of piperidine rings is 1. The van der Waals surface area contributed by atoms with Crippen molar-refractivity contribution in [2.24, 2.45) is 11.8 Å². The molecule has 2 heterocycles. The van der Waals surface area contributed by atoms with Crippen molar-refractivity contribution in [1.82, 2.24) is 15.1 Å². The fourth-order valence-electron chi connectivity index (χ4n) is 4.29. The van der Waals surface area contributed by atoms with E-state index in [1.807, 2.05) is 0 Å². The van der Waals surface area contributed by atoms with Gasteiger partial charge >= 0.3 is 12.2 Å². The summed E-state index contributed by atoms with van der Waals surface area (Å²) < 4.78 is 39.6. The number of urea groups is 1. The molecule has 2 atom stereocenters. The summed E-state index contributed by atoms with van der Waals surface area (Å²) >= 11 is 0. The molecule has 0 radical (unpaired) electrons. The van der Waals surface area contributed by atoms with E-state index < -0.39 is 18.0 Å². The monoisotopic (exact) mass is 347 g/mol. The second-order valence-corrected chi connectivity index (χ2v) is 7.02. The van der Waals surface area contributed by atoms with Gasteiger partial charge in [-0.05, 0) is 25.7 Å². The molecule has 1 aliphatic carbocycles. The number of halogens is 3. The quantitative estimate of drug-likeness (QED) is 0.834. The average molecular weight is 347 g/mol. The molecule has 3 fully saturated rings. The largest absolute Gasteiger partial charge is 0.392 e. The zero-order valence-electron chi connectivity index (χ0n) is 13.6. The van der Waals surface area contributed by atoms with E-state index in [1.165, 1.54) is 0 Å². The van der Waals surface area contributed by atoms with Gasteiger partial charge in [0, 0.05) is 38.1 Å². The second kappa shape index (κ2) is 6.80. The van der Waals surface area contributed by atoms with Crippen molar-refractivity contribution in [3.05, 3.63) is 0 Å². The number of rotatable bonds is 2. The first-order chi connectivity index (χ1) is 11.4. The summed E-state index contributed by atoms with van der Waals surface area (Å²) in [6, 6.07) is 0.00510. The van der Waals surface area contributed by atoms with Crippen molar-refractivity contribution in [2.75, 3.05) is 26.2 Å². The molecule has 2 saturated heterocycles. The zero-order valence-corrected chi connectivity index (χ0v) is 13.6. The third kappa shape index (κ3) is 3.47. The Labute approximate surface area is 139 Å². The van der Waals surface area contributed by atoms with Crippen LogP contribution in [-0.4, -0.2) is 60.1 Å². The van der Waals surface area contributed by atoms with Crippen LogP contribution >= 0.6 is 0 Å². The van der Waals surface area contributed by atoms with Gasteiger partial charge in [-0.3, -0.25) is 4.79 Å². The molecule has 0 aromatic heterocycles. The van der Waals surface area contributed by atoms with Crippen molar-refractivity contribution >= 4 is 11.9 Å². The van der Waals surface area contributed by atoms with Crippen LogP contribution in [0, 0.1) is 11.8 Å². The van der Waals surface area contributed by atoms with E-state index in [0.29, 0.717) is 58.3 Å². The highest BCUT2D eigenvalue weighted by atomic mass is 19.4. The summed E-state index contributed by atoms with van der Waals surface area (Å²) in [6.07, 6.45) is -1.40. The van der Waals surface area contributed by atoms with Crippen molar-refractivity contribution in [2.45, 2.75) is 50.7 Å². The molecule has 1 N–H and O–H groups in total. The van der Waals surface area contributed by atoms with Gasteiger partial charge in [0.05, 0.1) is 5.92 Å². The molecule has 136 valence electrons. The lowest BCUT2D eigenvalue weighted by molar-refractivity contribution is -0.201. The maximum Gasteiger partial charge on any atom is 0.392 e. The molecule has 0 spiro atoms. The normalized spacial score (nSPS) is 29.7. The lowest BCUT2D eigenvalue weighted by Crippen LogP contribution is -2.51. The molecule has 0 unspecified atom stereocenters. The minimum absolute atomic E-state index is 0.0598. The van der Waals surface area contributed by atoms with E-state index in [9.17, 15) is 22.8 Å². The summed E-state index contributed by atoms with van der Waals surface area (Å²) in [5.41, 5.74) is 0. The first-order valence-corrected chi connectivity index (χ1v) is 8.78. The van der Waals surface area contributed by atoms with E-state index in [-0.39, 0.29) is 24.4 Å². The highest BCUT2D eigenvalue weighted by Crippen LogP contribution is 2.42. The van der Waals surface area contributed by atoms with Gasteiger partial charge in [0.25, 0.3) is 0 Å². The molecular weight excluding hydrogens is 323 g/mol. The van der Waals surface area contributed by atoms with Crippen LogP contribution < -0.4 is 5.32 Å². The maximum absolute atomic E-state index is 13.2. The number of amides is 3. The number of hydrogen-bond donors (Lipinski definition) is 1. The molecule has 2 aliphatic heterocycles. The predicted molar refractivity (Wildman–Crippen MR) is 81.2 cm³/mol. The van der Waals surface area contributed by atoms with Crippen LogP contribution in [0.3, 0.4) is 0 Å². The highest BCUT2D eigenvalue weighted by molar-refractivity contribution is 5.80. The minimum atomic E-state index is -4.30. The molecule has 3 aliphatic rings. The van der Waals surface area contributed by atoms with Gasteiger partial charge in [0.15, 0.2) is 0 Å². The lowest BCUT2D eigenvalue weighted by atomic mass is 9.77. The molecule has 0 bridgehead atoms. The summed E-state index contributed by atoms with van der Waals surface area (Å²) in [6.45, 7) is 2.17. The number of carbonyl (C=O) groups excluding carboxylic acids is 2. The SMILES string of the molecule is O=C([C@H]1CCCC[C@H]1C(F)(F)F)N1CCC(N2CCNC2=O)CC1. The maximum atomic E-state index is 13.2. The molecule has 0 aromatic rings. The smallest absolute Gasteiger partial charge is 0.342 e. The topological polar surface area (TPSA) is 52.7 Å². The molecule has 5 nitrogen and oxygen atoms in total. The second-order valence-electron chi connectivity index (χ2n) is 7.02. The van der Waals surface area contributed by atoms with Crippen molar-refractivity contribution in [1.29, 1.82) is 0 Å². The van der Waals surface area contributed by atoms with E-state index in [0.717, 1.165) is 0 Å². The number of alkyl halides is 3. The fraction of sp³-hybridized carbons (Fsp3) is 0.875. The summed E-state index contributed by atoms with van der Waals surface area (Å²) in [5.74, 6) is -2.77. The standard InChI is InChI=1S/C16H24F3N3O2/c17-16(18,19)13-4-2-1-3-12(13)14(23)21-8-5-11(6-9-21)22-10-7-20-15(22)24/h11-13H,1-10H2,(H,20,24)/t12-,13+/m0/s1. The Morgan fingerprint density at radius 2 is 1.71 bits per heavy atom. The van der Waals surface area contributed by atoms with Crippen LogP contribution in [0.5, 0.6) is 0 Å². The lowest BCUT2D eigenvalue weighted by Gasteiger charge is -2.40. The van der Waals surface area contributed by atoms with Crippen molar-refractivity contribution in [3.8, 4) is 0 Å².